The van der Waals surface area contributed by atoms with E-state index in [0.29, 0.717) is 12.1 Å². The van der Waals surface area contributed by atoms with Gasteiger partial charge in [0.05, 0.1) is 11.4 Å². The van der Waals surface area contributed by atoms with Gasteiger partial charge in [-0.05, 0) is 30.5 Å². The lowest BCUT2D eigenvalue weighted by Gasteiger charge is -2.25. The Bertz CT molecular complexity index is 1270. The molecule has 0 saturated heterocycles. The van der Waals surface area contributed by atoms with Crippen LogP contribution in [0.4, 0.5) is 5.69 Å². The van der Waals surface area contributed by atoms with E-state index in [0.717, 1.165) is 48.3 Å². The first kappa shape index (κ1) is 20.8. The number of thioether (sulfide) groups is 1. The monoisotopic (exact) mass is 447 g/mol. The van der Waals surface area contributed by atoms with E-state index in [9.17, 15) is 14.7 Å². The fourth-order valence-corrected chi connectivity index (χ4v) is 5.93. The minimum Gasteiger partial charge on any atom is -0.494 e. The first-order valence-corrected chi connectivity index (χ1v) is 12.0. The lowest BCUT2D eigenvalue weighted by atomic mass is 9.95. The van der Waals surface area contributed by atoms with Gasteiger partial charge >= 0.3 is 5.69 Å². The summed E-state index contributed by atoms with van der Waals surface area (Å²) in [5.41, 5.74) is 1.35. The molecular formula is C25H25N3O3S. The van der Waals surface area contributed by atoms with Crippen LogP contribution in [0.15, 0.2) is 74.1 Å². The van der Waals surface area contributed by atoms with Crippen LogP contribution in [0.25, 0.3) is 0 Å². The number of aromatic amines is 1. The fraction of sp³-hybridized carbons (Fsp3) is 0.320. The highest BCUT2D eigenvalue weighted by molar-refractivity contribution is 7.99. The number of benzene rings is 2. The Morgan fingerprint density at radius 3 is 2.47 bits per heavy atom. The SMILES string of the molecule is O=c1[nH]c(=O)n(C2CCCCC2)c(O)c1C1=Nc2ccccc2S[C@@H](c2ccccc2)C1. The molecule has 1 atom stereocenters. The number of aliphatic imine (C=N–C) groups is 1. The quantitative estimate of drug-likeness (QED) is 0.584. The van der Waals surface area contributed by atoms with Crippen molar-refractivity contribution in [3.63, 3.8) is 0 Å². The maximum Gasteiger partial charge on any atom is 0.331 e. The molecule has 2 aromatic carbocycles. The molecule has 5 rings (SSSR count). The molecule has 2 N–H and O–H groups in total. The van der Waals surface area contributed by atoms with Crippen molar-refractivity contribution in [2.45, 2.75) is 54.7 Å². The normalized spacial score (nSPS) is 19.1. The zero-order valence-corrected chi connectivity index (χ0v) is 18.5. The molecule has 32 heavy (non-hydrogen) atoms. The second-order valence-electron chi connectivity index (χ2n) is 8.37. The number of aromatic hydroxyl groups is 1. The topological polar surface area (TPSA) is 87.5 Å². The minimum absolute atomic E-state index is 0.0208. The van der Waals surface area contributed by atoms with E-state index >= 15 is 0 Å². The summed E-state index contributed by atoms with van der Waals surface area (Å²) in [7, 11) is 0. The Hall–Kier alpha value is -3.06. The number of nitrogens with one attached hydrogen (secondary N) is 1. The maximum atomic E-state index is 12.9. The van der Waals surface area contributed by atoms with Gasteiger partial charge in [0.15, 0.2) is 0 Å². The van der Waals surface area contributed by atoms with E-state index in [-0.39, 0.29) is 22.7 Å². The summed E-state index contributed by atoms with van der Waals surface area (Å²) in [4.78, 5) is 33.9. The largest absolute Gasteiger partial charge is 0.494 e. The number of aromatic nitrogens is 2. The predicted octanol–water partition coefficient (Wildman–Crippen LogP) is 5.11. The molecule has 2 aliphatic rings. The maximum absolute atomic E-state index is 12.9. The number of hydrogen-bond donors (Lipinski definition) is 2. The van der Waals surface area contributed by atoms with Crippen molar-refractivity contribution in [2.75, 3.05) is 0 Å². The molecule has 0 amide bonds. The van der Waals surface area contributed by atoms with Crippen LogP contribution in [0.2, 0.25) is 0 Å². The summed E-state index contributed by atoms with van der Waals surface area (Å²) in [6.07, 6.45) is 5.23. The minimum atomic E-state index is -0.588. The van der Waals surface area contributed by atoms with Crippen molar-refractivity contribution in [3.05, 3.63) is 86.6 Å². The standard InChI is InChI=1S/C25H25N3O3S/c29-23-22(24(30)28(25(31)27-23)17-11-5-2-6-12-17)19-15-21(16-9-3-1-4-10-16)32-20-14-8-7-13-18(20)26-19/h1,3-4,7-10,13-14,17,21,30H,2,5-6,11-12,15H2,(H,27,29,31)/t21-/m1/s1. The van der Waals surface area contributed by atoms with E-state index in [1.807, 2.05) is 42.5 Å². The van der Waals surface area contributed by atoms with Gasteiger partial charge in [-0.2, -0.15) is 0 Å². The lowest BCUT2D eigenvalue weighted by Crippen LogP contribution is -2.36. The molecule has 0 spiro atoms. The smallest absolute Gasteiger partial charge is 0.331 e. The van der Waals surface area contributed by atoms with Crippen LogP contribution in [-0.4, -0.2) is 20.4 Å². The van der Waals surface area contributed by atoms with Gasteiger partial charge in [0.25, 0.3) is 5.56 Å². The van der Waals surface area contributed by atoms with Crippen LogP contribution in [0.3, 0.4) is 0 Å². The Morgan fingerprint density at radius 1 is 0.969 bits per heavy atom. The molecule has 7 heteroatoms. The zero-order chi connectivity index (χ0) is 22.1. The van der Waals surface area contributed by atoms with Crippen LogP contribution in [-0.2, 0) is 0 Å². The molecule has 164 valence electrons. The van der Waals surface area contributed by atoms with Crippen LogP contribution in [0.5, 0.6) is 5.88 Å². The highest BCUT2D eigenvalue weighted by Crippen LogP contribution is 2.45. The molecule has 1 saturated carbocycles. The molecule has 2 heterocycles. The molecule has 0 radical (unpaired) electrons. The second kappa shape index (κ2) is 8.82. The van der Waals surface area contributed by atoms with Crippen molar-refractivity contribution in [2.24, 2.45) is 4.99 Å². The van der Waals surface area contributed by atoms with E-state index in [2.05, 4.69) is 17.1 Å². The van der Waals surface area contributed by atoms with Gasteiger partial charge in [0.1, 0.15) is 5.56 Å². The Kier molecular flexibility index (Phi) is 5.74. The predicted molar refractivity (Wildman–Crippen MR) is 127 cm³/mol. The molecule has 0 bridgehead atoms. The average molecular weight is 448 g/mol. The van der Waals surface area contributed by atoms with Crippen molar-refractivity contribution in [1.29, 1.82) is 0 Å². The van der Waals surface area contributed by atoms with Gasteiger partial charge in [-0.25, -0.2) is 4.79 Å². The van der Waals surface area contributed by atoms with E-state index < -0.39 is 11.2 Å². The van der Waals surface area contributed by atoms with E-state index in [4.69, 9.17) is 4.99 Å². The Labute approximate surface area is 190 Å². The van der Waals surface area contributed by atoms with Crippen molar-refractivity contribution in [1.82, 2.24) is 9.55 Å². The molecule has 1 fully saturated rings. The van der Waals surface area contributed by atoms with E-state index in [1.54, 1.807) is 11.8 Å². The lowest BCUT2D eigenvalue weighted by molar-refractivity contribution is 0.298. The van der Waals surface area contributed by atoms with E-state index in [1.165, 1.54) is 4.57 Å². The summed E-state index contributed by atoms with van der Waals surface area (Å²) in [5, 5.41) is 11.2. The molecule has 3 aromatic rings. The van der Waals surface area contributed by atoms with Crippen molar-refractivity contribution >= 4 is 23.2 Å². The third-order valence-corrected chi connectivity index (χ3v) is 7.61. The molecular weight excluding hydrogens is 422 g/mol. The Balaban J connectivity index is 1.66. The van der Waals surface area contributed by atoms with Crippen LogP contribution >= 0.6 is 11.8 Å². The highest BCUT2D eigenvalue weighted by atomic mass is 32.2. The molecule has 1 aliphatic carbocycles. The number of fused-ring (bicyclic) bond motifs is 1. The summed E-state index contributed by atoms with van der Waals surface area (Å²) >= 11 is 1.70. The Morgan fingerprint density at radius 2 is 1.69 bits per heavy atom. The van der Waals surface area contributed by atoms with Crippen LogP contribution in [0, 0.1) is 0 Å². The first-order chi connectivity index (χ1) is 15.6. The number of hydrogen-bond acceptors (Lipinski definition) is 5. The molecule has 0 unspecified atom stereocenters. The van der Waals surface area contributed by atoms with Gasteiger partial charge in [0, 0.05) is 22.6 Å². The zero-order valence-electron chi connectivity index (χ0n) is 17.7. The summed E-state index contributed by atoms with van der Waals surface area (Å²) in [6.45, 7) is 0. The summed E-state index contributed by atoms with van der Waals surface area (Å²) < 4.78 is 1.37. The number of rotatable bonds is 3. The summed E-state index contributed by atoms with van der Waals surface area (Å²) in [5.74, 6) is -0.263. The number of para-hydroxylation sites is 1. The van der Waals surface area contributed by atoms with Gasteiger partial charge in [-0.15, -0.1) is 11.8 Å². The average Bonchev–Trinajstić information content (AvgIpc) is 3.00. The van der Waals surface area contributed by atoms with Gasteiger partial charge in [-0.1, -0.05) is 61.7 Å². The van der Waals surface area contributed by atoms with Crippen molar-refractivity contribution in [3.8, 4) is 5.88 Å². The van der Waals surface area contributed by atoms with Crippen LogP contribution in [0.1, 0.15) is 60.9 Å². The fourth-order valence-electron chi connectivity index (χ4n) is 4.70. The first-order valence-electron chi connectivity index (χ1n) is 11.1. The molecule has 1 aromatic heterocycles. The molecule has 6 nitrogen and oxygen atoms in total. The third-order valence-electron chi connectivity index (χ3n) is 6.29. The summed E-state index contributed by atoms with van der Waals surface area (Å²) in [6, 6.07) is 17.8. The number of H-pyrrole nitrogens is 1. The second-order valence-corrected chi connectivity index (χ2v) is 9.61. The van der Waals surface area contributed by atoms with Gasteiger partial charge < -0.3 is 5.11 Å². The van der Waals surface area contributed by atoms with Gasteiger partial charge in [-0.3, -0.25) is 19.3 Å². The third kappa shape index (κ3) is 3.93. The van der Waals surface area contributed by atoms with Crippen LogP contribution < -0.4 is 11.2 Å². The number of nitrogens with zero attached hydrogens (tertiary/aromatic N) is 2. The van der Waals surface area contributed by atoms with Crippen molar-refractivity contribution < 1.29 is 5.11 Å². The molecule has 1 aliphatic heterocycles. The van der Waals surface area contributed by atoms with Gasteiger partial charge in [0.2, 0.25) is 5.88 Å². The highest BCUT2D eigenvalue weighted by Gasteiger charge is 2.29.